The number of aryl methyl sites for hydroxylation is 1. The molecule has 1 aromatic heterocycles. The summed E-state index contributed by atoms with van der Waals surface area (Å²) in [4.78, 5) is 19.3. The number of amides is 1. The van der Waals surface area contributed by atoms with Gasteiger partial charge in [0.1, 0.15) is 5.71 Å². The summed E-state index contributed by atoms with van der Waals surface area (Å²) < 4.78 is 0. The van der Waals surface area contributed by atoms with E-state index in [-0.39, 0.29) is 5.91 Å². The van der Waals surface area contributed by atoms with Gasteiger partial charge in [0.25, 0.3) is 5.91 Å². The zero-order valence-corrected chi connectivity index (χ0v) is 15.7. The number of hydrogen-bond donors (Lipinski definition) is 1. The smallest absolute Gasteiger partial charge is 0.261 e. The minimum Gasteiger partial charge on any atom is -0.384 e. The number of benzene rings is 1. The first-order valence-electron chi connectivity index (χ1n) is 8.17. The molecule has 1 atom stereocenters. The molecule has 1 amide bonds. The number of hydrogen-bond acceptors (Lipinski definition) is 4. The van der Waals surface area contributed by atoms with E-state index >= 15 is 0 Å². The molecule has 2 aromatic rings. The van der Waals surface area contributed by atoms with Crippen LogP contribution in [0.15, 0.2) is 41.6 Å². The Balaban J connectivity index is 0.00000100. The van der Waals surface area contributed by atoms with Gasteiger partial charge in [-0.05, 0) is 31.0 Å². The molecule has 1 aromatic carbocycles. The maximum atomic E-state index is 11.8. The number of carbonyl (C=O) groups is 1. The molecule has 0 saturated heterocycles. The van der Waals surface area contributed by atoms with Crippen molar-refractivity contribution >= 4 is 23.0 Å². The van der Waals surface area contributed by atoms with Crippen molar-refractivity contribution in [3.63, 3.8) is 0 Å². The summed E-state index contributed by atoms with van der Waals surface area (Å²) in [5, 5.41) is 6.94. The highest BCUT2D eigenvalue weighted by molar-refractivity contribution is 7.16. The Hall–Kier alpha value is -2.14. The zero-order chi connectivity index (χ0) is 17.7. The quantitative estimate of drug-likeness (QED) is 0.892. The van der Waals surface area contributed by atoms with Gasteiger partial charge in [0.15, 0.2) is 5.60 Å². The Kier molecular flexibility index (Phi) is 5.78. The van der Waals surface area contributed by atoms with Crippen LogP contribution < -0.4 is 5.32 Å². The van der Waals surface area contributed by atoms with Crippen LogP contribution in [0.2, 0.25) is 0 Å². The van der Waals surface area contributed by atoms with Gasteiger partial charge in [0.2, 0.25) is 0 Å². The largest absolute Gasteiger partial charge is 0.384 e. The van der Waals surface area contributed by atoms with E-state index < -0.39 is 5.60 Å². The molecule has 2 heterocycles. The fourth-order valence-electron chi connectivity index (χ4n) is 2.58. The lowest BCUT2D eigenvalue weighted by Gasteiger charge is -2.21. The van der Waals surface area contributed by atoms with Crippen molar-refractivity contribution in [3.8, 4) is 0 Å². The first kappa shape index (κ1) is 18.2. The van der Waals surface area contributed by atoms with Gasteiger partial charge in [0, 0.05) is 13.5 Å². The fraction of sp³-hybridized carbons (Fsp3) is 0.368. The van der Waals surface area contributed by atoms with E-state index in [2.05, 4.69) is 10.5 Å². The molecule has 0 bridgehead atoms. The molecule has 4 nitrogen and oxygen atoms in total. The van der Waals surface area contributed by atoms with E-state index in [1.807, 2.05) is 64.1 Å². The molecule has 0 saturated carbocycles. The third-order valence-electron chi connectivity index (χ3n) is 3.88. The molecule has 1 unspecified atom stereocenters. The highest BCUT2D eigenvalue weighted by atomic mass is 32.1. The Labute approximate surface area is 147 Å². The van der Waals surface area contributed by atoms with Gasteiger partial charge in [-0.1, -0.05) is 49.3 Å². The second-order valence-electron chi connectivity index (χ2n) is 5.60. The molecule has 24 heavy (non-hydrogen) atoms. The normalized spacial score (nSPS) is 19.0. The number of nitrogens with zero attached hydrogens (tertiary/aromatic N) is 1. The van der Waals surface area contributed by atoms with Crippen molar-refractivity contribution < 1.29 is 9.63 Å². The van der Waals surface area contributed by atoms with Crippen LogP contribution in [-0.2, 0) is 10.4 Å². The van der Waals surface area contributed by atoms with Crippen molar-refractivity contribution in [2.24, 2.45) is 5.16 Å². The van der Waals surface area contributed by atoms with Crippen molar-refractivity contribution in [3.05, 3.63) is 57.3 Å². The van der Waals surface area contributed by atoms with Crippen LogP contribution in [-0.4, -0.2) is 18.7 Å². The van der Waals surface area contributed by atoms with Gasteiger partial charge < -0.3 is 10.2 Å². The average Bonchev–Trinajstić information content (AvgIpc) is 3.21. The monoisotopic (exact) mass is 344 g/mol. The molecule has 1 N–H and O–H groups in total. The highest BCUT2D eigenvalue weighted by Gasteiger charge is 2.37. The van der Waals surface area contributed by atoms with Crippen LogP contribution in [0, 0.1) is 6.92 Å². The maximum absolute atomic E-state index is 11.8. The summed E-state index contributed by atoms with van der Waals surface area (Å²) in [7, 11) is 1.64. The van der Waals surface area contributed by atoms with Crippen molar-refractivity contribution in [2.45, 2.75) is 39.7 Å². The minimum absolute atomic E-state index is 0.0564. The number of oxime groups is 1. The third kappa shape index (κ3) is 3.51. The lowest BCUT2D eigenvalue weighted by atomic mass is 9.90. The zero-order valence-electron chi connectivity index (χ0n) is 14.8. The Bertz CT molecular complexity index is 737. The fourth-order valence-corrected chi connectivity index (χ4v) is 3.68. The van der Waals surface area contributed by atoms with Gasteiger partial charge in [-0.2, -0.15) is 0 Å². The number of rotatable bonds is 3. The maximum Gasteiger partial charge on any atom is 0.261 e. The Morgan fingerprint density at radius 3 is 2.58 bits per heavy atom. The second kappa shape index (κ2) is 7.62. The van der Waals surface area contributed by atoms with Crippen molar-refractivity contribution in [2.75, 3.05) is 7.05 Å². The van der Waals surface area contributed by atoms with E-state index in [4.69, 9.17) is 4.84 Å². The van der Waals surface area contributed by atoms with Gasteiger partial charge in [-0.15, -0.1) is 11.3 Å². The number of thiophene rings is 1. The Morgan fingerprint density at radius 2 is 1.96 bits per heavy atom. The van der Waals surface area contributed by atoms with Crippen LogP contribution in [0.1, 0.15) is 52.9 Å². The molecule has 5 heteroatoms. The molecule has 3 rings (SSSR count). The summed E-state index contributed by atoms with van der Waals surface area (Å²) in [6.07, 6.45) is 0.699. The minimum atomic E-state index is -0.443. The van der Waals surface area contributed by atoms with Gasteiger partial charge >= 0.3 is 0 Å². The van der Waals surface area contributed by atoms with Crippen LogP contribution in [0.3, 0.4) is 0 Å². The van der Waals surface area contributed by atoms with Gasteiger partial charge in [-0.25, -0.2) is 0 Å². The van der Waals surface area contributed by atoms with E-state index in [1.165, 1.54) is 11.3 Å². The van der Waals surface area contributed by atoms with Gasteiger partial charge in [-0.3, -0.25) is 4.79 Å². The van der Waals surface area contributed by atoms with E-state index in [0.29, 0.717) is 6.42 Å². The van der Waals surface area contributed by atoms with Crippen molar-refractivity contribution in [1.82, 2.24) is 5.32 Å². The topological polar surface area (TPSA) is 50.7 Å². The van der Waals surface area contributed by atoms with E-state index in [0.717, 1.165) is 26.6 Å². The summed E-state index contributed by atoms with van der Waals surface area (Å²) in [5.74, 6) is -0.0564. The standard InChI is InChI=1S/C17H18N2O2S.C2H6/c1-11-9-14(22-15(11)16(20)18-3)13-10-17(2,21-19-13)12-7-5-4-6-8-12;1-2/h4-9H,10H2,1-3H3,(H,18,20);1-2H3. The average molecular weight is 344 g/mol. The Morgan fingerprint density at radius 1 is 1.29 bits per heavy atom. The molecular formula is C19H24N2O2S. The van der Waals surface area contributed by atoms with Crippen molar-refractivity contribution in [1.29, 1.82) is 0 Å². The predicted molar refractivity (Wildman–Crippen MR) is 99.8 cm³/mol. The number of nitrogens with one attached hydrogen (secondary N) is 1. The SMILES string of the molecule is CC.CNC(=O)c1sc(C2=NOC(C)(c3ccccc3)C2)cc1C. The molecule has 1 aliphatic heterocycles. The highest BCUT2D eigenvalue weighted by Crippen LogP contribution is 2.37. The van der Waals surface area contributed by atoms with Crippen LogP contribution >= 0.6 is 11.3 Å². The van der Waals surface area contributed by atoms with E-state index in [9.17, 15) is 4.79 Å². The lowest BCUT2D eigenvalue weighted by Crippen LogP contribution is -2.21. The second-order valence-corrected chi connectivity index (χ2v) is 6.66. The third-order valence-corrected chi connectivity index (χ3v) is 5.17. The number of carbonyl (C=O) groups excluding carboxylic acids is 1. The molecule has 0 radical (unpaired) electrons. The van der Waals surface area contributed by atoms with Crippen LogP contribution in [0.25, 0.3) is 0 Å². The summed E-state index contributed by atoms with van der Waals surface area (Å²) in [6, 6.07) is 12.1. The molecular weight excluding hydrogens is 320 g/mol. The first-order valence-corrected chi connectivity index (χ1v) is 8.98. The molecule has 0 aliphatic carbocycles. The molecule has 1 aliphatic rings. The van der Waals surface area contributed by atoms with Crippen LogP contribution in [0.4, 0.5) is 0 Å². The van der Waals surface area contributed by atoms with E-state index in [1.54, 1.807) is 7.05 Å². The summed E-state index contributed by atoms with van der Waals surface area (Å²) in [6.45, 7) is 7.98. The lowest BCUT2D eigenvalue weighted by molar-refractivity contribution is -0.00738. The molecule has 0 fully saturated rings. The first-order chi connectivity index (χ1) is 11.5. The predicted octanol–water partition coefficient (Wildman–Crippen LogP) is 4.48. The van der Waals surface area contributed by atoms with Gasteiger partial charge in [0.05, 0.1) is 9.75 Å². The molecule has 128 valence electrons. The summed E-state index contributed by atoms with van der Waals surface area (Å²) >= 11 is 1.46. The summed E-state index contributed by atoms with van der Waals surface area (Å²) in [5.41, 5.74) is 2.53. The van der Waals surface area contributed by atoms with Crippen LogP contribution in [0.5, 0.6) is 0 Å². The molecule has 0 spiro atoms.